The van der Waals surface area contributed by atoms with Crippen molar-refractivity contribution in [3.8, 4) is 0 Å². The Morgan fingerprint density at radius 3 is 2.05 bits per heavy atom. The summed E-state index contributed by atoms with van der Waals surface area (Å²) in [7, 11) is 0. The summed E-state index contributed by atoms with van der Waals surface area (Å²) in [6, 6.07) is 31.0. The van der Waals surface area contributed by atoms with Gasteiger partial charge in [-0.25, -0.2) is 0 Å². The Bertz CT molecular complexity index is 4180. The fourth-order valence-corrected chi connectivity index (χ4v) is 18.8. The molecule has 9 aliphatic rings. The molecule has 3 nitrogen and oxygen atoms in total. The van der Waals surface area contributed by atoms with Crippen LogP contribution in [0.3, 0.4) is 0 Å². The van der Waals surface area contributed by atoms with Gasteiger partial charge in [-0.1, -0.05) is 181 Å². The van der Waals surface area contributed by atoms with Crippen molar-refractivity contribution in [2.45, 2.75) is 233 Å². The summed E-state index contributed by atoms with van der Waals surface area (Å²) in [5, 5.41) is 5.61. The van der Waals surface area contributed by atoms with Crippen LogP contribution in [0.15, 0.2) is 141 Å². The summed E-state index contributed by atoms with van der Waals surface area (Å²) in [6.45, 7) is 42.0. The average molecular weight is 1140 g/mol. The monoisotopic (exact) mass is 1130 g/mol. The minimum atomic E-state index is -0.132. The maximum absolute atomic E-state index is 7.85. The molecule has 0 saturated carbocycles. The van der Waals surface area contributed by atoms with Gasteiger partial charge in [-0.15, -0.1) is 0 Å². The molecule has 7 aliphatic carbocycles. The van der Waals surface area contributed by atoms with E-state index in [2.05, 4.69) is 231 Å². The predicted octanol–water partition coefficient (Wildman–Crippen LogP) is 20.6. The van der Waals surface area contributed by atoms with Gasteiger partial charge < -0.3 is 14.6 Å². The van der Waals surface area contributed by atoms with Crippen molar-refractivity contribution < 1.29 is 4.42 Å². The summed E-state index contributed by atoms with van der Waals surface area (Å²) < 4.78 is 7.85. The summed E-state index contributed by atoms with van der Waals surface area (Å²) in [6.07, 6.45) is 26.0. The molecule has 0 amide bonds. The first-order valence-corrected chi connectivity index (χ1v) is 33.6. The van der Waals surface area contributed by atoms with Gasteiger partial charge in [0.2, 0.25) is 0 Å². The lowest BCUT2D eigenvalue weighted by Gasteiger charge is -2.45. The molecule has 86 heavy (non-hydrogen) atoms. The zero-order valence-electron chi connectivity index (χ0n) is 55.4. The molecule has 3 heterocycles. The third-order valence-electron chi connectivity index (χ3n) is 24.4. The molecule has 442 valence electrons. The van der Waals surface area contributed by atoms with Crippen LogP contribution in [0.25, 0.3) is 16.5 Å². The van der Waals surface area contributed by atoms with Crippen molar-refractivity contribution in [3.05, 3.63) is 192 Å². The van der Waals surface area contributed by atoms with E-state index in [1.807, 2.05) is 0 Å². The van der Waals surface area contributed by atoms with E-state index in [0.717, 1.165) is 69.0 Å². The van der Waals surface area contributed by atoms with E-state index in [1.54, 1.807) is 22.3 Å². The van der Waals surface area contributed by atoms with Gasteiger partial charge in [-0.05, 0) is 261 Å². The normalized spacial score (nSPS) is 24.3. The van der Waals surface area contributed by atoms with Gasteiger partial charge in [0.25, 0.3) is 6.71 Å². The number of hydrogen-bond donors (Lipinski definition) is 1. The third-order valence-corrected chi connectivity index (χ3v) is 24.4. The number of fused-ring (bicyclic) bond motifs is 11. The molecule has 5 aromatic carbocycles. The maximum atomic E-state index is 7.85. The lowest BCUT2D eigenvalue weighted by molar-refractivity contribution is 0.332. The minimum Gasteiger partial charge on any atom is -0.468 e. The van der Waals surface area contributed by atoms with Crippen LogP contribution in [0.5, 0.6) is 0 Å². The Morgan fingerprint density at radius 2 is 1.31 bits per heavy atom. The number of nitrogens with zero attached hydrogens (tertiary/aromatic N) is 1. The van der Waals surface area contributed by atoms with Crippen LogP contribution in [-0.2, 0) is 38.9 Å². The van der Waals surface area contributed by atoms with Crippen molar-refractivity contribution in [1.82, 2.24) is 0 Å². The van der Waals surface area contributed by atoms with Crippen molar-refractivity contribution in [3.63, 3.8) is 0 Å². The smallest absolute Gasteiger partial charge is 0.297 e. The molecule has 2 aliphatic heterocycles. The van der Waals surface area contributed by atoms with Crippen LogP contribution >= 0.6 is 0 Å². The molecule has 4 heteroatoms. The first-order chi connectivity index (χ1) is 40.6. The highest BCUT2D eigenvalue weighted by Gasteiger charge is 2.50. The molecule has 0 radical (unpaired) electrons. The van der Waals surface area contributed by atoms with E-state index >= 15 is 0 Å². The van der Waals surface area contributed by atoms with Crippen molar-refractivity contribution >= 4 is 68.3 Å². The van der Waals surface area contributed by atoms with Gasteiger partial charge in [-0.3, -0.25) is 0 Å². The molecule has 0 bridgehead atoms. The molecule has 1 aromatic heterocycles. The van der Waals surface area contributed by atoms with Crippen LogP contribution in [0, 0.1) is 11.3 Å². The minimum absolute atomic E-state index is 0.00336. The molecule has 1 N–H and O–H groups in total. The Balaban J connectivity index is 1.06. The summed E-state index contributed by atoms with van der Waals surface area (Å²) in [5.74, 6) is 0.321. The fourth-order valence-electron chi connectivity index (χ4n) is 18.8. The van der Waals surface area contributed by atoms with Gasteiger partial charge in [0, 0.05) is 39.5 Å². The molecule has 0 fully saturated rings. The summed E-state index contributed by atoms with van der Waals surface area (Å²) >= 11 is 0. The molecule has 6 aromatic rings. The lowest BCUT2D eigenvalue weighted by atomic mass is 9.35. The SMILES string of the molecule is CC1=C(C)c2ccc(N3c4cc(C(C5=CC6=C(CC5C)C5=C(CCC=C5)C6(C)C)c5ccc6c(c5)C(C)(C)CCC/C=C\C6)cc5c4B(c4cc6c(cc4N5)C(C)(C)CCC6(C)C)c4oc5cc6c(cc5c43)C(C)(C)CCC6(C)C)cc2C(C)(C)C1. The van der Waals surface area contributed by atoms with Crippen molar-refractivity contribution in [1.29, 1.82) is 0 Å². The average Bonchev–Trinajstić information content (AvgIpc) is 1.32. The predicted molar refractivity (Wildman–Crippen MR) is 368 cm³/mol. The first kappa shape index (κ1) is 56.3. The molecular formula is C82H95BN2O. The number of anilines is 5. The van der Waals surface area contributed by atoms with E-state index in [0.29, 0.717) is 5.92 Å². The first-order valence-electron chi connectivity index (χ1n) is 33.6. The largest absolute Gasteiger partial charge is 0.468 e. The zero-order valence-corrected chi connectivity index (χ0v) is 55.4. The van der Waals surface area contributed by atoms with Crippen LogP contribution in [0.4, 0.5) is 28.4 Å². The number of rotatable bonds is 4. The zero-order chi connectivity index (χ0) is 60.3. The Morgan fingerprint density at radius 1 is 0.628 bits per heavy atom. The summed E-state index contributed by atoms with van der Waals surface area (Å²) in [5.41, 5.74) is 36.2. The van der Waals surface area contributed by atoms with Gasteiger partial charge in [-0.2, -0.15) is 0 Å². The Labute approximate surface area is 516 Å². The van der Waals surface area contributed by atoms with Crippen LogP contribution in [0.1, 0.15) is 250 Å². The van der Waals surface area contributed by atoms with Gasteiger partial charge in [0.15, 0.2) is 0 Å². The summed E-state index contributed by atoms with van der Waals surface area (Å²) in [4.78, 5) is 2.72. The molecule has 0 spiro atoms. The number of furan rings is 1. The maximum Gasteiger partial charge on any atom is 0.297 e. The molecule has 2 atom stereocenters. The second-order valence-electron chi connectivity index (χ2n) is 33.2. The fraction of sp³-hybridized carbons (Fsp3) is 0.463. The Kier molecular flexibility index (Phi) is 12.2. The second kappa shape index (κ2) is 18.7. The van der Waals surface area contributed by atoms with E-state index in [4.69, 9.17) is 4.42 Å². The van der Waals surface area contributed by atoms with Crippen LogP contribution in [0.2, 0.25) is 0 Å². The molecular weight excluding hydrogens is 1040 g/mol. The van der Waals surface area contributed by atoms with Gasteiger partial charge in [0.1, 0.15) is 5.58 Å². The quantitative estimate of drug-likeness (QED) is 0.141. The second-order valence-corrected chi connectivity index (χ2v) is 33.2. The van der Waals surface area contributed by atoms with Gasteiger partial charge >= 0.3 is 0 Å². The number of hydrogen-bond acceptors (Lipinski definition) is 3. The highest BCUT2D eigenvalue weighted by atomic mass is 16.3. The highest BCUT2D eigenvalue weighted by Crippen LogP contribution is 2.59. The van der Waals surface area contributed by atoms with E-state index in [9.17, 15) is 0 Å². The standard InChI is InChI=1S/C82H95BN2O/c1-47-36-57-55-25-21-22-26-59(55)82(16,17)62(57)41-56(47)72(51-28-27-50-24-20-18-19-23-31-76(4,5)60(50)37-51)52-38-69-73-70(39-52)85(53-29-30-54-49(3)48(2)46-81(14,15)61(54)40-53)74-58-42-63-66(80(12,13)35-32-77(63,6)7)45-71(58)86-75(74)83(73)67-43-64-65(44-68(67)84-69)79(10,11)34-33-78(64,8)9/h18,20-21,25,27-30,37-45,47,72,84H,19,22-24,26,31-36,46H2,1-17H3/b20-18-. The lowest BCUT2D eigenvalue weighted by Crippen LogP contribution is -2.60. The van der Waals surface area contributed by atoms with E-state index in [1.165, 1.54) is 136 Å². The topological polar surface area (TPSA) is 28.4 Å². The third kappa shape index (κ3) is 8.24. The van der Waals surface area contributed by atoms with Crippen molar-refractivity contribution in [2.24, 2.45) is 11.3 Å². The molecule has 0 saturated heterocycles. The number of benzene rings is 5. The molecule has 15 rings (SSSR count). The number of nitrogens with one attached hydrogen (secondary N) is 1. The Hall–Kier alpha value is -6.26. The van der Waals surface area contributed by atoms with Crippen molar-refractivity contribution in [2.75, 3.05) is 10.2 Å². The van der Waals surface area contributed by atoms with Crippen LogP contribution in [-0.4, -0.2) is 6.71 Å². The highest BCUT2D eigenvalue weighted by molar-refractivity contribution is 6.99. The van der Waals surface area contributed by atoms with Crippen LogP contribution < -0.4 is 26.8 Å². The molecule has 2 unspecified atom stereocenters. The number of allylic oxidation sites excluding steroid dienone is 12. The van der Waals surface area contributed by atoms with E-state index < -0.39 is 0 Å². The van der Waals surface area contributed by atoms with E-state index in [-0.39, 0.29) is 50.5 Å². The van der Waals surface area contributed by atoms with Gasteiger partial charge in [0.05, 0.1) is 11.3 Å².